The van der Waals surface area contributed by atoms with Crippen molar-refractivity contribution in [2.45, 2.75) is 12.3 Å². The van der Waals surface area contributed by atoms with Gasteiger partial charge >= 0.3 is 0 Å². The predicted octanol–water partition coefficient (Wildman–Crippen LogP) is 5.32. The molecule has 4 aromatic rings. The fourth-order valence-electron chi connectivity index (χ4n) is 4.50. The molecule has 1 fully saturated rings. The highest BCUT2D eigenvalue weighted by Crippen LogP contribution is 2.33. The summed E-state index contributed by atoms with van der Waals surface area (Å²) in [6.07, 6.45) is 0.301. The van der Waals surface area contributed by atoms with Crippen molar-refractivity contribution in [2.75, 3.05) is 44.3 Å². The lowest BCUT2D eigenvalue weighted by Gasteiger charge is -2.30. The Morgan fingerprint density at radius 2 is 1.63 bits per heavy atom. The molecule has 0 atom stereocenters. The van der Waals surface area contributed by atoms with E-state index in [0.717, 1.165) is 35.5 Å². The molecule has 7 heteroatoms. The van der Waals surface area contributed by atoms with Gasteiger partial charge in [-0.2, -0.15) is 0 Å². The lowest BCUT2D eigenvalue weighted by molar-refractivity contribution is -0.118. The maximum Gasteiger partial charge on any atom is 0.229 e. The van der Waals surface area contributed by atoms with Gasteiger partial charge in [-0.25, -0.2) is 9.37 Å². The number of morpholine rings is 1. The van der Waals surface area contributed by atoms with Crippen LogP contribution in [0.3, 0.4) is 0 Å². The van der Waals surface area contributed by atoms with Gasteiger partial charge in [0.15, 0.2) is 5.13 Å². The number of hydrogen-bond donors (Lipinski definition) is 0. The number of fused-ring (bicyclic) bond motifs is 1. The molecule has 1 saturated heterocycles. The van der Waals surface area contributed by atoms with Gasteiger partial charge in [0.2, 0.25) is 5.91 Å². The maximum atomic E-state index is 14.4. The molecule has 180 valence electrons. The third kappa shape index (κ3) is 5.59. The van der Waals surface area contributed by atoms with Crippen LogP contribution in [0.5, 0.6) is 0 Å². The topological polar surface area (TPSA) is 45.7 Å². The second kappa shape index (κ2) is 11.1. The number of thiazole rings is 1. The molecule has 0 radical (unpaired) electrons. The summed E-state index contributed by atoms with van der Waals surface area (Å²) in [6.45, 7) is 4.29. The van der Waals surface area contributed by atoms with Crippen LogP contribution in [0, 0.1) is 5.82 Å². The van der Waals surface area contributed by atoms with E-state index in [1.165, 1.54) is 17.4 Å². The minimum atomic E-state index is -0.364. The number of para-hydroxylation sites is 1. The molecule has 35 heavy (non-hydrogen) atoms. The summed E-state index contributed by atoms with van der Waals surface area (Å²) in [4.78, 5) is 22.5. The monoisotopic (exact) mass is 489 g/mol. The largest absolute Gasteiger partial charge is 0.379 e. The summed E-state index contributed by atoms with van der Waals surface area (Å²) in [6, 6.07) is 25.2. The number of halogens is 1. The first kappa shape index (κ1) is 23.6. The Bertz CT molecular complexity index is 1220. The number of amides is 1. The van der Waals surface area contributed by atoms with E-state index in [0.29, 0.717) is 36.8 Å². The van der Waals surface area contributed by atoms with Crippen LogP contribution in [-0.4, -0.2) is 55.2 Å². The van der Waals surface area contributed by atoms with Gasteiger partial charge < -0.3 is 4.74 Å². The van der Waals surface area contributed by atoms with Gasteiger partial charge in [0.25, 0.3) is 0 Å². The molecule has 0 bridgehead atoms. The summed E-state index contributed by atoms with van der Waals surface area (Å²) < 4.78 is 20.6. The third-order valence-electron chi connectivity index (χ3n) is 6.42. The normalized spacial score (nSPS) is 14.5. The fourth-order valence-corrected chi connectivity index (χ4v) is 5.52. The van der Waals surface area contributed by atoms with Gasteiger partial charge in [-0.05, 0) is 23.3 Å². The number of nitrogens with zero attached hydrogens (tertiary/aromatic N) is 3. The van der Waals surface area contributed by atoms with Crippen molar-refractivity contribution in [3.63, 3.8) is 0 Å². The summed E-state index contributed by atoms with van der Waals surface area (Å²) in [5.41, 5.74) is 2.50. The van der Waals surface area contributed by atoms with Crippen molar-refractivity contribution in [3.05, 3.63) is 95.8 Å². The standard InChI is InChI=1S/C28H28FN3O2S/c29-24-12-7-13-25-27(24)30-28(35-25)32(15-14-31-16-18-34-19-17-31)26(33)20-23(21-8-3-1-4-9-21)22-10-5-2-6-11-22/h1-13,23H,14-20H2. The van der Waals surface area contributed by atoms with Crippen LogP contribution in [0.15, 0.2) is 78.9 Å². The van der Waals surface area contributed by atoms with E-state index in [-0.39, 0.29) is 17.6 Å². The molecule has 5 rings (SSSR count). The van der Waals surface area contributed by atoms with E-state index in [1.807, 2.05) is 42.5 Å². The van der Waals surface area contributed by atoms with Crippen LogP contribution in [0.25, 0.3) is 10.2 Å². The quantitative estimate of drug-likeness (QED) is 0.336. The van der Waals surface area contributed by atoms with Crippen LogP contribution >= 0.6 is 11.3 Å². The second-order valence-electron chi connectivity index (χ2n) is 8.66. The van der Waals surface area contributed by atoms with E-state index in [1.54, 1.807) is 11.0 Å². The molecule has 5 nitrogen and oxygen atoms in total. The van der Waals surface area contributed by atoms with Crippen molar-refractivity contribution in [2.24, 2.45) is 0 Å². The number of rotatable bonds is 8. The van der Waals surface area contributed by atoms with E-state index in [2.05, 4.69) is 34.1 Å². The Morgan fingerprint density at radius 3 is 2.26 bits per heavy atom. The molecule has 3 aromatic carbocycles. The molecule has 0 saturated carbocycles. The minimum Gasteiger partial charge on any atom is -0.379 e. The number of hydrogen-bond acceptors (Lipinski definition) is 5. The van der Waals surface area contributed by atoms with Gasteiger partial charge in [-0.1, -0.05) is 78.1 Å². The molecule has 1 aliphatic heterocycles. The number of ether oxygens (including phenoxy) is 1. The molecule has 1 aliphatic rings. The SMILES string of the molecule is O=C(CC(c1ccccc1)c1ccccc1)N(CCN1CCOCC1)c1nc2c(F)cccc2s1. The highest BCUT2D eigenvalue weighted by atomic mass is 32.1. The number of anilines is 1. The van der Waals surface area contributed by atoms with E-state index in [4.69, 9.17) is 4.74 Å². The van der Waals surface area contributed by atoms with Crippen LogP contribution < -0.4 is 4.90 Å². The summed E-state index contributed by atoms with van der Waals surface area (Å²) in [7, 11) is 0. The highest BCUT2D eigenvalue weighted by Gasteiger charge is 2.26. The molecule has 0 N–H and O–H groups in total. The maximum absolute atomic E-state index is 14.4. The van der Waals surface area contributed by atoms with Gasteiger partial charge in [-0.15, -0.1) is 0 Å². The average molecular weight is 490 g/mol. The summed E-state index contributed by atoms with van der Waals surface area (Å²) >= 11 is 1.36. The first-order valence-corrected chi connectivity index (χ1v) is 12.8. The Kier molecular flexibility index (Phi) is 7.47. The second-order valence-corrected chi connectivity index (χ2v) is 9.67. The lowest BCUT2D eigenvalue weighted by Crippen LogP contribution is -2.43. The Labute approximate surface area is 208 Å². The van der Waals surface area contributed by atoms with E-state index in [9.17, 15) is 9.18 Å². The lowest BCUT2D eigenvalue weighted by atomic mass is 9.88. The molecule has 1 amide bonds. The number of carbonyl (C=O) groups is 1. The van der Waals surface area contributed by atoms with Gasteiger partial charge in [0, 0.05) is 38.5 Å². The van der Waals surface area contributed by atoms with Crippen molar-refractivity contribution in [1.29, 1.82) is 0 Å². The molecule has 0 unspecified atom stereocenters. The van der Waals surface area contributed by atoms with Crippen LogP contribution in [0.1, 0.15) is 23.5 Å². The Balaban J connectivity index is 1.45. The predicted molar refractivity (Wildman–Crippen MR) is 139 cm³/mol. The summed E-state index contributed by atoms with van der Waals surface area (Å²) in [5.74, 6) is -0.464. The Hall–Kier alpha value is -3.13. The van der Waals surface area contributed by atoms with E-state index < -0.39 is 0 Å². The highest BCUT2D eigenvalue weighted by molar-refractivity contribution is 7.22. The van der Waals surface area contributed by atoms with Crippen molar-refractivity contribution < 1.29 is 13.9 Å². The van der Waals surface area contributed by atoms with Crippen LogP contribution in [0.4, 0.5) is 9.52 Å². The zero-order valence-electron chi connectivity index (χ0n) is 19.5. The molecular formula is C28H28FN3O2S. The average Bonchev–Trinajstić information content (AvgIpc) is 3.34. The molecule has 1 aromatic heterocycles. The van der Waals surface area contributed by atoms with Crippen molar-refractivity contribution in [1.82, 2.24) is 9.88 Å². The van der Waals surface area contributed by atoms with Crippen molar-refractivity contribution >= 4 is 32.6 Å². The van der Waals surface area contributed by atoms with Gasteiger partial charge in [-0.3, -0.25) is 14.6 Å². The zero-order chi connectivity index (χ0) is 24.0. The fraction of sp³-hybridized carbons (Fsp3) is 0.286. The van der Waals surface area contributed by atoms with Gasteiger partial charge in [0.05, 0.1) is 17.9 Å². The van der Waals surface area contributed by atoms with Gasteiger partial charge in [0.1, 0.15) is 11.3 Å². The third-order valence-corrected chi connectivity index (χ3v) is 7.46. The Morgan fingerprint density at radius 1 is 0.971 bits per heavy atom. The van der Waals surface area contributed by atoms with Crippen molar-refractivity contribution in [3.8, 4) is 0 Å². The van der Waals surface area contributed by atoms with Crippen LogP contribution in [0.2, 0.25) is 0 Å². The van der Waals surface area contributed by atoms with Crippen LogP contribution in [-0.2, 0) is 9.53 Å². The summed E-state index contributed by atoms with van der Waals surface area (Å²) in [5, 5.41) is 0.545. The smallest absolute Gasteiger partial charge is 0.229 e. The van der Waals surface area contributed by atoms with E-state index >= 15 is 0 Å². The molecule has 0 aliphatic carbocycles. The zero-order valence-corrected chi connectivity index (χ0v) is 20.3. The number of carbonyl (C=O) groups excluding carboxylic acids is 1. The molecule has 0 spiro atoms. The molecular weight excluding hydrogens is 461 g/mol. The first-order chi connectivity index (χ1) is 17.2. The number of aromatic nitrogens is 1. The number of benzene rings is 3. The minimum absolute atomic E-state index is 0.0181. The molecule has 2 heterocycles. The first-order valence-electron chi connectivity index (χ1n) is 11.9.